The van der Waals surface area contributed by atoms with Gasteiger partial charge in [-0.05, 0) is 5.56 Å². The summed E-state index contributed by atoms with van der Waals surface area (Å²) in [6.45, 7) is 5.83. The van der Waals surface area contributed by atoms with Crippen molar-refractivity contribution < 1.29 is 14.3 Å². The van der Waals surface area contributed by atoms with Gasteiger partial charge >= 0.3 is 0 Å². The van der Waals surface area contributed by atoms with Crippen molar-refractivity contribution in [1.82, 2.24) is 15.1 Å². The summed E-state index contributed by atoms with van der Waals surface area (Å²) in [4.78, 5) is 24.0. The summed E-state index contributed by atoms with van der Waals surface area (Å²) in [6, 6.07) is 11.3. The van der Waals surface area contributed by atoms with E-state index in [-0.39, 0.29) is 18.0 Å². The van der Waals surface area contributed by atoms with Gasteiger partial charge in [-0.3, -0.25) is 9.59 Å². The fourth-order valence-corrected chi connectivity index (χ4v) is 1.94. The first-order valence-corrected chi connectivity index (χ1v) is 7.79. The minimum atomic E-state index is -0.485. The Morgan fingerprint density at radius 3 is 2.50 bits per heavy atom. The van der Waals surface area contributed by atoms with Crippen LogP contribution in [0, 0.1) is 5.41 Å². The van der Waals surface area contributed by atoms with Crippen LogP contribution in [0.5, 0.6) is 5.88 Å². The molecule has 1 aromatic carbocycles. The van der Waals surface area contributed by atoms with Crippen molar-refractivity contribution in [1.29, 1.82) is 0 Å². The highest BCUT2D eigenvalue weighted by atomic mass is 16.5. The molecule has 0 saturated carbocycles. The molecule has 0 fully saturated rings. The van der Waals surface area contributed by atoms with Gasteiger partial charge in [0, 0.05) is 18.5 Å². The van der Waals surface area contributed by atoms with E-state index >= 15 is 0 Å². The second-order valence-corrected chi connectivity index (χ2v) is 6.62. The number of nitrogens with zero attached hydrogens (tertiary/aromatic N) is 2. The Kier molecular flexibility index (Phi) is 5.39. The Labute approximate surface area is 141 Å². The highest BCUT2D eigenvalue weighted by Gasteiger charge is 2.22. The molecule has 0 unspecified atom stereocenters. The van der Waals surface area contributed by atoms with Gasteiger partial charge < -0.3 is 10.1 Å². The predicted molar refractivity (Wildman–Crippen MR) is 90.8 cm³/mol. The first-order valence-electron chi connectivity index (χ1n) is 7.79. The Morgan fingerprint density at radius 2 is 1.88 bits per heavy atom. The monoisotopic (exact) mass is 329 g/mol. The van der Waals surface area contributed by atoms with Crippen LogP contribution < -0.4 is 10.1 Å². The van der Waals surface area contributed by atoms with Crippen molar-refractivity contribution in [3.63, 3.8) is 0 Å². The van der Waals surface area contributed by atoms with E-state index in [4.69, 9.17) is 4.74 Å². The van der Waals surface area contributed by atoms with E-state index in [1.807, 2.05) is 51.1 Å². The summed E-state index contributed by atoms with van der Waals surface area (Å²) in [5, 5.41) is 6.73. The lowest BCUT2D eigenvalue weighted by Gasteiger charge is -2.16. The maximum absolute atomic E-state index is 12.1. The van der Waals surface area contributed by atoms with Crippen molar-refractivity contribution in [2.24, 2.45) is 12.5 Å². The third kappa shape index (κ3) is 4.68. The number of amides is 1. The van der Waals surface area contributed by atoms with Crippen LogP contribution in [-0.4, -0.2) is 28.0 Å². The van der Waals surface area contributed by atoms with E-state index in [0.29, 0.717) is 12.5 Å². The van der Waals surface area contributed by atoms with Crippen LogP contribution in [0.2, 0.25) is 0 Å². The summed E-state index contributed by atoms with van der Waals surface area (Å²) in [7, 11) is 1.71. The normalized spacial score (nSPS) is 11.2. The molecule has 2 rings (SSSR count). The van der Waals surface area contributed by atoms with E-state index in [0.717, 1.165) is 5.56 Å². The molecule has 24 heavy (non-hydrogen) atoms. The quantitative estimate of drug-likeness (QED) is 0.883. The molecule has 0 saturated heterocycles. The molecule has 6 nitrogen and oxygen atoms in total. The Hall–Kier alpha value is -2.63. The number of Topliss-reactive ketones (excluding diaryl/α,β-unsaturated/α-hetero) is 1. The zero-order valence-corrected chi connectivity index (χ0v) is 14.5. The summed E-state index contributed by atoms with van der Waals surface area (Å²) in [5.74, 6) is 0.0660. The standard InChI is InChI=1S/C18H23N3O3/c1-18(2,3)15(22)11-19-17(23)14-10-16(21(4)20-14)24-12-13-8-6-5-7-9-13/h5-10H,11-12H2,1-4H3,(H,19,23). The van der Waals surface area contributed by atoms with Crippen LogP contribution in [0.25, 0.3) is 0 Å². The second kappa shape index (κ2) is 7.29. The van der Waals surface area contributed by atoms with Gasteiger partial charge in [0.05, 0.1) is 6.54 Å². The van der Waals surface area contributed by atoms with Crippen molar-refractivity contribution in [3.05, 3.63) is 47.7 Å². The second-order valence-electron chi connectivity index (χ2n) is 6.62. The SMILES string of the molecule is Cn1nc(C(=O)NCC(=O)C(C)(C)C)cc1OCc1ccccc1. The molecule has 1 N–H and O–H groups in total. The molecule has 128 valence electrons. The highest BCUT2D eigenvalue weighted by Crippen LogP contribution is 2.15. The summed E-state index contributed by atoms with van der Waals surface area (Å²) >= 11 is 0. The fourth-order valence-electron chi connectivity index (χ4n) is 1.94. The number of ether oxygens (including phenoxy) is 1. The molecule has 0 bridgehead atoms. The van der Waals surface area contributed by atoms with E-state index in [9.17, 15) is 9.59 Å². The van der Waals surface area contributed by atoms with Crippen molar-refractivity contribution in [2.45, 2.75) is 27.4 Å². The highest BCUT2D eigenvalue weighted by molar-refractivity contribution is 5.96. The number of rotatable bonds is 6. The molecule has 0 spiro atoms. The van der Waals surface area contributed by atoms with Crippen LogP contribution in [-0.2, 0) is 18.4 Å². The topological polar surface area (TPSA) is 73.2 Å². The summed E-state index contributed by atoms with van der Waals surface area (Å²) < 4.78 is 7.19. The van der Waals surface area contributed by atoms with Crippen molar-refractivity contribution in [2.75, 3.05) is 6.54 Å². The number of ketones is 1. The third-order valence-electron chi connectivity index (χ3n) is 3.55. The van der Waals surface area contributed by atoms with Crippen LogP contribution in [0.4, 0.5) is 0 Å². The van der Waals surface area contributed by atoms with Gasteiger partial charge in [0.15, 0.2) is 11.5 Å². The molecule has 0 aliphatic rings. The van der Waals surface area contributed by atoms with E-state index in [1.165, 1.54) is 4.68 Å². The average Bonchev–Trinajstić information content (AvgIpc) is 2.91. The molecule has 0 aliphatic heterocycles. The number of benzene rings is 1. The minimum Gasteiger partial charge on any atom is -0.473 e. The maximum Gasteiger partial charge on any atom is 0.272 e. The van der Waals surface area contributed by atoms with Crippen LogP contribution in [0.3, 0.4) is 0 Å². The first-order chi connectivity index (χ1) is 11.3. The Morgan fingerprint density at radius 1 is 1.21 bits per heavy atom. The maximum atomic E-state index is 12.1. The van der Waals surface area contributed by atoms with Gasteiger partial charge in [-0.1, -0.05) is 51.1 Å². The zero-order chi connectivity index (χ0) is 17.7. The van der Waals surface area contributed by atoms with E-state index in [1.54, 1.807) is 13.1 Å². The van der Waals surface area contributed by atoms with Crippen molar-refractivity contribution >= 4 is 11.7 Å². The summed E-state index contributed by atoms with van der Waals surface area (Å²) in [6.07, 6.45) is 0. The Bertz CT molecular complexity index is 715. The molecule has 0 radical (unpaired) electrons. The third-order valence-corrected chi connectivity index (χ3v) is 3.55. The van der Waals surface area contributed by atoms with Crippen LogP contribution >= 0.6 is 0 Å². The fraction of sp³-hybridized carbons (Fsp3) is 0.389. The van der Waals surface area contributed by atoms with E-state index in [2.05, 4.69) is 10.4 Å². The number of carbonyl (C=O) groups is 2. The van der Waals surface area contributed by atoms with Crippen molar-refractivity contribution in [3.8, 4) is 5.88 Å². The molecule has 6 heteroatoms. The van der Waals surface area contributed by atoms with Gasteiger partial charge in [-0.25, -0.2) is 4.68 Å². The first kappa shape index (κ1) is 17.7. The number of aromatic nitrogens is 2. The number of hydrogen-bond donors (Lipinski definition) is 1. The Balaban J connectivity index is 1.95. The molecule has 2 aromatic rings. The molecular weight excluding hydrogens is 306 g/mol. The number of nitrogens with one attached hydrogen (secondary N) is 1. The molecule has 0 atom stereocenters. The molecule has 1 heterocycles. The van der Waals surface area contributed by atoms with Crippen LogP contribution in [0.15, 0.2) is 36.4 Å². The lowest BCUT2D eigenvalue weighted by atomic mass is 9.91. The van der Waals surface area contributed by atoms with Gasteiger partial charge in [0.2, 0.25) is 5.88 Å². The molecule has 0 aliphatic carbocycles. The molecular formula is C18H23N3O3. The van der Waals surface area contributed by atoms with Gasteiger partial charge in [0.1, 0.15) is 6.61 Å². The van der Waals surface area contributed by atoms with Crippen LogP contribution in [0.1, 0.15) is 36.8 Å². The minimum absolute atomic E-state index is 0.0148. The number of aryl methyl sites for hydroxylation is 1. The predicted octanol–water partition coefficient (Wildman–Crippen LogP) is 2.34. The number of carbonyl (C=O) groups excluding carboxylic acids is 2. The smallest absolute Gasteiger partial charge is 0.272 e. The number of hydrogen-bond acceptors (Lipinski definition) is 4. The van der Waals surface area contributed by atoms with E-state index < -0.39 is 11.3 Å². The molecule has 1 amide bonds. The average molecular weight is 329 g/mol. The molecule has 1 aromatic heterocycles. The largest absolute Gasteiger partial charge is 0.473 e. The lowest BCUT2D eigenvalue weighted by molar-refractivity contribution is -0.125. The lowest BCUT2D eigenvalue weighted by Crippen LogP contribution is -2.35. The summed E-state index contributed by atoms with van der Waals surface area (Å²) in [5.41, 5.74) is 0.768. The van der Waals surface area contributed by atoms with Gasteiger partial charge in [-0.15, -0.1) is 0 Å². The van der Waals surface area contributed by atoms with Gasteiger partial charge in [-0.2, -0.15) is 5.10 Å². The zero-order valence-electron chi connectivity index (χ0n) is 14.5. The van der Waals surface area contributed by atoms with Gasteiger partial charge in [0.25, 0.3) is 5.91 Å².